The lowest BCUT2D eigenvalue weighted by Crippen LogP contribution is -2.38. The molecule has 0 saturated heterocycles. The number of hydrogen-bond donors (Lipinski definition) is 1. The van der Waals surface area contributed by atoms with E-state index >= 15 is 0 Å². The molecule has 0 spiro atoms. The van der Waals surface area contributed by atoms with Gasteiger partial charge in [-0.15, -0.1) is 0 Å². The van der Waals surface area contributed by atoms with Crippen LogP contribution in [0.1, 0.15) is 39.2 Å². The third-order valence-corrected chi connectivity index (χ3v) is 3.12. The lowest BCUT2D eigenvalue weighted by atomic mass is 10.0. The van der Waals surface area contributed by atoms with Crippen LogP contribution in [0.3, 0.4) is 0 Å². The Morgan fingerprint density at radius 1 is 1.33 bits per heavy atom. The summed E-state index contributed by atoms with van der Waals surface area (Å²) in [6.07, 6.45) is 2.19. The van der Waals surface area contributed by atoms with Gasteiger partial charge in [-0.25, -0.2) is 0 Å². The fourth-order valence-corrected chi connectivity index (χ4v) is 1.50. The number of rotatable bonds is 6. The van der Waals surface area contributed by atoms with Gasteiger partial charge in [0.15, 0.2) is 0 Å². The molecule has 0 radical (unpaired) electrons. The van der Waals surface area contributed by atoms with E-state index in [0.29, 0.717) is 6.42 Å². The predicted octanol–water partition coefficient (Wildman–Crippen LogP) is 2.68. The van der Waals surface area contributed by atoms with E-state index in [1.165, 1.54) is 5.56 Å². The molecular weight excluding hydrogens is 226 g/mol. The quantitative estimate of drug-likeness (QED) is 0.789. The molecule has 1 aromatic rings. The van der Waals surface area contributed by atoms with Crippen molar-refractivity contribution >= 4 is 5.97 Å². The highest BCUT2D eigenvalue weighted by Crippen LogP contribution is 2.15. The highest BCUT2D eigenvalue weighted by Gasteiger charge is 2.24. The Kier molecular flexibility index (Phi) is 5.35. The summed E-state index contributed by atoms with van der Waals surface area (Å²) in [6.45, 7) is 5.78. The largest absolute Gasteiger partial charge is 0.459 e. The summed E-state index contributed by atoms with van der Waals surface area (Å²) in [4.78, 5) is 11.8. The fraction of sp³-hybridized carbons (Fsp3) is 0.533. The number of benzene rings is 1. The molecule has 0 aromatic heterocycles. The van der Waals surface area contributed by atoms with Gasteiger partial charge in [0.1, 0.15) is 11.6 Å². The average molecular weight is 249 g/mol. The Balaban J connectivity index is 2.41. The highest BCUT2D eigenvalue weighted by atomic mass is 16.6. The predicted molar refractivity (Wildman–Crippen MR) is 73.2 cm³/mol. The van der Waals surface area contributed by atoms with Crippen LogP contribution < -0.4 is 5.73 Å². The van der Waals surface area contributed by atoms with Gasteiger partial charge in [0.2, 0.25) is 0 Å². The molecule has 0 aliphatic carbocycles. The Hall–Kier alpha value is -1.35. The van der Waals surface area contributed by atoms with E-state index in [9.17, 15) is 4.79 Å². The van der Waals surface area contributed by atoms with Gasteiger partial charge >= 0.3 is 5.97 Å². The van der Waals surface area contributed by atoms with Crippen LogP contribution in [-0.2, 0) is 16.0 Å². The minimum absolute atomic E-state index is 0.308. The summed E-state index contributed by atoms with van der Waals surface area (Å²) in [5.41, 5.74) is 6.61. The minimum Gasteiger partial charge on any atom is -0.459 e. The Labute approximate surface area is 109 Å². The molecule has 18 heavy (non-hydrogen) atoms. The molecule has 0 amide bonds. The van der Waals surface area contributed by atoms with E-state index in [2.05, 4.69) is 0 Å². The number of hydrogen-bond acceptors (Lipinski definition) is 3. The molecule has 1 aromatic carbocycles. The standard InChI is InChI=1S/C15H23NO2/c1-4-15(2,3)18-14(17)13(16)11-10-12-8-6-5-7-9-12/h5-9,13H,4,10-11,16H2,1-3H3. The van der Waals surface area contributed by atoms with Crippen LogP contribution in [-0.4, -0.2) is 17.6 Å². The molecule has 1 atom stereocenters. The third-order valence-electron chi connectivity index (χ3n) is 3.12. The van der Waals surface area contributed by atoms with Crippen molar-refractivity contribution in [3.05, 3.63) is 35.9 Å². The molecule has 0 saturated carbocycles. The van der Waals surface area contributed by atoms with Gasteiger partial charge in [-0.3, -0.25) is 4.79 Å². The lowest BCUT2D eigenvalue weighted by molar-refractivity contribution is -0.158. The van der Waals surface area contributed by atoms with Crippen molar-refractivity contribution in [3.63, 3.8) is 0 Å². The molecule has 100 valence electrons. The summed E-state index contributed by atoms with van der Waals surface area (Å²) >= 11 is 0. The van der Waals surface area contributed by atoms with Crippen LogP contribution in [0.5, 0.6) is 0 Å². The molecule has 1 unspecified atom stereocenters. The van der Waals surface area contributed by atoms with Crippen LogP contribution in [0.4, 0.5) is 0 Å². The molecule has 0 aliphatic rings. The van der Waals surface area contributed by atoms with Crippen LogP contribution in [0.25, 0.3) is 0 Å². The van der Waals surface area contributed by atoms with E-state index in [0.717, 1.165) is 12.8 Å². The maximum atomic E-state index is 11.8. The Bertz CT molecular complexity index is 373. The molecule has 0 aliphatic heterocycles. The molecular formula is C15H23NO2. The number of carbonyl (C=O) groups excluding carboxylic acids is 1. The van der Waals surface area contributed by atoms with Crippen LogP contribution in [0.2, 0.25) is 0 Å². The summed E-state index contributed by atoms with van der Waals surface area (Å²) in [6, 6.07) is 9.47. The zero-order chi connectivity index (χ0) is 13.6. The van der Waals surface area contributed by atoms with E-state index in [1.54, 1.807) is 0 Å². The molecule has 0 heterocycles. The van der Waals surface area contributed by atoms with Crippen molar-refractivity contribution in [2.45, 2.75) is 51.7 Å². The van der Waals surface area contributed by atoms with E-state index < -0.39 is 11.6 Å². The van der Waals surface area contributed by atoms with Crippen LogP contribution >= 0.6 is 0 Å². The number of esters is 1. The molecule has 1 rings (SSSR count). The van der Waals surface area contributed by atoms with Crippen molar-refractivity contribution in [1.29, 1.82) is 0 Å². The number of aryl methyl sites for hydroxylation is 1. The molecule has 2 N–H and O–H groups in total. The monoisotopic (exact) mass is 249 g/mol. The fourth-order valence-electron chi connectivity index (χ4n) is 1.50. The molecule has 3 nitrogen and oxygen atoms in total. The molecule has 3 heteroatoms. The first-order valence-electron chi connectivity index (χ1n) is 6.47. The van der Waals surface area contributed by atoms with Crippen molar-refractivity contribution < 1.29 is 9.53 Å². The van der Waals surface area contributed by atoms with E-state index in [4.69, 9.17) is 10.5 Å². The first-order valence-corrected chi connectivity index (χ1v) is 6.47. The van der Waals surface area contributed by atoms with Crippen molar-refractivity contribution in [3.8, 4) is 0 Å². The second-order valence-corrected chi connectivity index (χ2v) is 5.17. The third kappa shape index (κ3) is 4.88. The SMILES string of the molecule is CCC(C)(C)OC(=O)C(N)CCc1ccccc1. The number of carbonyl (C=O) groups is 1. The van der Waals surface area contributed by atoms with Gasteiger partial charge in [0, 0.05) is 0 Å². The summed E-state index contributed by atoms with van der Waals surface area (Å²) in [7, 11) is 0. The van der Waals surface area contributed by atoms with Crippen LogP contribution in [0.15, 0.2) is 30.3 Å². The van der Waals surface area contributed by atoms with Gasteiger partial charge in [-0.1, -0.05) is 37.3 Å². The van der Waals surface area contributed by atoms with Crippen molar-refractivity contribution in [1.82, 2.24) is 0 Å². The summed E-state index contributed by atoms with van der Waals surface area (Å²) < 4.78 is 5.37. The van der Waals surface area contributed by atoms with Gasteiger partial charge in [-0.2, -0.15) is 0 Å². The molecule has 0 fully saturated rings. The van der Waals surface area contributed by atoms with Crippen molar-refractivity contribution in [2.75, 3.05) is 0 Å². The Morgan fingerprint density at radius 2 is 1.94 bits per heavy atom. The first-order chi connectivity index (χ1) is 8.44. The zero-order valence-electron chi connectivity index (χ0n) is 11.5. The minimum atomic E-state index is -0.545. The second-order valence-electron chi connectivity index (χ2n) is 5.17. The maximum absolute atomic E-state index is 11.8. The highest BCUT2D eigenvalue weighted by molar-refractivity contribution is 5.75. The smallest absolute Gasteiger partial charge is 0.323 e. The topological polar surface area (TPSA) is 52.3 Å². The van der Waals surface area contributed by atoms with Gasteiger partial charge in [-0.05, 0) is 38.7 Å². The lowest BCUT2D eigenvalue weighted by Gasteiger charge is -2.25. The number of nitrogens with two attached hydrogens (primary N) is 1. The zero-order valence-corrected chi connectivity index (χ0v) is 11.5. The normalized spacial score (nSPS) is 13.1. The van der Waals surface area contributed by atoms with Gasteiger partial charge in [0.25, 0.3) is 0 Å². The van der Waals surface area contributed by atoms with Gasteiger partial charge < -0.3 is 10.5 Å². The summed E-state index contributed by atoms with van der Waals surface area (Å²) in [5.74, 6) is -0.308. The van der Waals surface area contributed by atoms with Crippen molar-refractivity contribution in [2.24, 2.45) is 5.73 Å². The average Bonchev–Trinajstić information content (AvgIpc) is 2.36. The molecule has 0 bridgehead atoms. The van der Waals surface area contributed by atoms with E-state index in [1.807, 2.05) is 51.1 Å². The van der Waals surface area contributed by atoms with Crippen LogP contribution in [0, 0.1) is 0 Å². The van der Waals surface area contributed by atoms with Gasteiger partial charge in [0.05, 0.1) is 0 Å². The second kappa shape index (κ2) is 6.55. The Morgan fingerprint density at radius 3 is 2.50 bits per heavy atom. The first kappa shape index (κ1) is 14.7. The summed E-state index contributed by atoms with van der Waals surface area (Å²) in [5, 5.41) is 0. The maximum Gasteiger partial charge on any atom is 0.323 e. The number of ether oxygens (including phenoxy) is 1. The van der Waals surface area contributed by atoms with E-state index in [-0.39, 0.29) is 5.97 Å².